The number of nitrogens with one attached hydrogen (secondary N) is 1. The molecule has 0 fully saturated rings. The SMILES string of the molecule is CCCCN(C)C(=O)c1nc(C(=O)NCCCc2ccccc2)n2ccccc12. The van der Waals surface area contributed by atoms with Crippen molar-refractivity contribution in [2.75, 3.05) is 20.1 Å². The van der Waals surface area contributed by atoms with Gasteiger partial charge in [0.2, 0.25) is 5.82 Å². The van der Waals surface area contributed by atoms with Gasteiger partial charge in [0.25, 0.3) is 11.8 Å². The van der Waals surface area contributed by atoms with Crippen molar-refractivity contribution in [3.05, 3.63) is 71.8 Å². The van der Waals surface area contributed by atoms with Gasteiger partial charge in [-0.15, -0.1) is 0 Å². The van der Waals surface area contributed by atoms with E-state index >= 15 is 0 Å². The third-order valence-electron chi connectivity index (χ3n) is 4.92. The van der Waals surface area contributed by atoms with Crippen molar-refractivity contribution < 1.29 is 9.59 Å². The number of pyridine rings is 1. The Hall–Kier alpha value is -3.15. The van der Waals surface area contributed by atoms with Gasteiger partial charge in [-0.2, -0.15) is 0 Å². The fourth-order valence-electron chi connectivity index (χ4n) is 3.25. The van der Waals surface area contributed by atoms with Gasteiger partial charge in [-0.3, -0.25) is 14.0 Å². The molecule has 0 aliphatic carbocycles. The molecule has 6 nitrogen and oxygen atoms in total. The summed E-state index contributed by atoms with van der Waals surface area (Å²) < 4.78 is 1.69. The minimum Gasteiger partial charge on any atom is -0.349 e. The van der Waals surface area contributed by atoms with Gasteiger partial charge >= 0.3 is 0 Å². The summed E-state index contributed by atoms with van der Waals surface area (Å²) in [7, 11) is 1.77. The van der Waals surface area contributed by atoms with Gasteiger partial charge in [-0.1, -0.05) is 49.7 Å². The van der Waals surface area contributed by atoms with Crippen LogP contribution in [0.15, 0.2) is 54.7 Å². The number of benzene rings is 1. The van der Waals surface area contributed by atoms with Crippen molar-refractivity contribution in [2.45, 2.75) is 32.6 Å². The summed E-state index contributed by atoms with van der Waals surface area (Å²) in [6, 6.07) is 15.7. The molecular formula is C23H28N4O2. The smallest absolute Gasteiger partial charge is 0.287 e. The van der Waals surface area contributed by atoms with E-state index in [1.54, 1.807) is 22.5 Å². The van der Waals surface area contributed by atoms with E-state index in [1.165, 1.54) is 5.56 Å². The van der Waals surface area contributed by atoms with Crippen LogP contribution in [-0.4, -0.2) is 46.2 Å². The van der Waals surface area contributed by atoms with E-state index < -0.39 is 0 Å². The van der Waals surface area contributed by atoms with E-state index in [-0.39, 0.29) is 17.6 Å². The average molecular weight is 393 g/mol. The van der Waals surface area contributed by atoms with Crippen LogP contribution in [0.2, 0.25) is 0 Å². The number of nitrogens with zero attached hydrogens (tertiary/aromatic N) is 3. The molecule has 3 rings (SSSR count). The second-order valence-corrected chi connectivity index (χ2v) is 7.17. The van der Waals surface area contributed by atoms with Crippen LogP contribution in [0.4, 0.5) is 0 Å². The summed E-state index contributed by atoms with van der Waals surface area (Å²) in [4.78, 5) is 31.6. The van der Waals surface area contributed by atoms with Crippen molar-refractivity contribution in [1.29, 1.82) is 0 Å². The van der Waals surface area contributed by atoms with E-state index in [0.29, 0.717) is 24.3 Å². The number of carbonyl (C=O) groups is 2. The quantitative estimate of drug-likeness (QED) is 0.566. The van der Waals surface area contributed by atoms with Gasteiger partial charge in [0, 0.05) is 26.3 Å². The van der Waals surface area contributed by atoms with Crippen LogP contribution < -0.4 is 5.32 Å². The fourth-order valence-corrected chi connectivity index (χ4v) is 3.25. The summed E-state index contributed by atoms with van der Waals surface area (Å²) in [5.74, 6) is -0.188. The summed E-state index contributed by atoms with van der Waals surface area (Å²) in [5, 5.41) is 2.93. The molecule has 152 valence electrons. The maximum atomic E-state index is 12.8. The van der Waals surface area contributed by atoms with E-state index in [0.717, 1.165) is 25.7 Å². The van der Waals surface area contributed by atoms with E-state index in [1.807, 2.05) is 36.4 Å². The van der Waals surface area contributed by atoms with Gasteiger partial charge in [0.1, 0.15) is 0 Å². The van der Waals surface area contributed by atoms with Crippen LogP contribution in [0.25, 0.3) is 5.52 Å². The molecule has 0 saturated carbocycles. The fraction of sp³-hybridized carbons (Fsp3) is 0.348. The second-order valence-electron chi connectivity index (χ2n) is 7.17. The molecule has 0 bridgehead atoms. The zero-order chi connectivity index (χ0) is 20.6. The van der Waals surface area contributed by atoms with Crippen molar-refractivity contribution in [3.63, 3.8) is 0 Å². The largest absolute Gasteiger partial charge is 0.349 e. The Kier molecular flexibility index (Phi) is 7.00. The maximum Gasteiger partial charge on any atom is 0.287 e. The minimum absolute atomic E-state index is 0.162. The van der Waals surface area contributed by atoms with Gasteiger partial charge in [0.15, 0.2) is 5.69 Å². The summed E-state index contributed by atoms with van der Waals surface area (Å²) in [6.45, 7) is 3.31. The van der Waals surface area contributed by atoms with Gasteiger partial charge in [-0.25, -0.2) is 4.98 Å². The normalized spacial score (nSPS) is 10.8. The molecular weight excluding hydrogens is 364 g/mol. The number of unbranched alkanes of at least 4 members (excludes halogenated alkanes) is 1. The highest BCUT2D eigenvalue weighted by molar-refractivity contribution is 6.02. The number of hydrogen-bond acceptors (Lipinski definition) is 3. The molecule has 0 aliphatic rings. The summed E-state index contributed by atoms with van der Waals surface area (Å²) >= 11 is 0. The van der Waals surface area contributed by atoms with E-state index in [2.05, 4.69) is 29.4 Å². The van der Waals surface area contributed by atoms with Crippen molar-refractivity contribution in [3.8, 4) is 0 Å². The Balaban J connectivity index is 1.70. The zero-order valence-electron chi connectivity index (χ0n) is 17.1. The third kappa shape index (κ3) is 5.02. The Morgan fingerprint density at radius 1 is 1.07 bits per heavy atom. The molecule has 0 atom stereocenters. The van der Waals surface area contributed by atoms with Crippen LogP contribution in [0.5, 0.6) is 0 Å². The molecule has 0 unspecified atom stereocenters. The van der Waals surface area contributed by atoms with Crippen molar-refractivity contribution in [1.82, 2.24) is 19.6 Å². The number of carbonyl (C=O) groups excluding carboxylic acids is 2. The molecule has 1 aromatic carbocycles. The lowest BCUT2D eigenvalue weighted by Gasteiger charge is -2.15. The molecule has 0 aliphatic heterocycles. The Bertz CT molecular complexity index is 965. The molecule has 3 aromatic rings. The Morgan fingerprint density at radius 2 is 1.83 bits per heavy atom. The first kappa shape index (κ1) is 20.6. The highest BCUT2D eigenvalue weighted by atomic mass is 16.2. The molecule has 2 heterocycles. The van der Waals surface area contributed by atoms with Gasteiger partial charge in [-0.05, 0) is 37.0 Å². The van der Waals surface area contributed by atoms with E-state index in [9.17, 15) is 9.59 Å². The zero-order valence-corrected chi connectivity index (χ0v) is 17.1. The number of hydrogen-bond donors (Lipinski definition) is 1. The molecule has 2 aromatic heterocycles. The second kappa shape index (κ2) is 9.87. The average Bonchev–Trinajstić information content (AvgIpc) is 3.15. The van der Waals surface area contributed by atoms with Crippen molar-refractivity contribution >= 4 is 17.3 Å². The predicted molar refractivity (Wildman–Crippen MR) is 114 cm³/mol. The number of aromatic nitrogens is 2. The van der Waals surface area contributed by atoms with Crippen LogP contribution in [-0.2, 0) is 6.42 Å². The van der Waals surface area contributed by atoms with Crippen LogP contribution >= 0.6 is 0 Å². The number of rotatable bonds is 9. The van der Waals surface area contributed by atoms with Crippen LogP contribution in [0.1, 0.15) is 52.9 Å². The number of amides is 2. The minimum atomic E-state index is -0.269. The Labute approximate surface area is 171 Å². The maximum absolute atomic E-state index is 12.8. The van der Waals surface area contributed by atoms with Crippen LogP contribution in [0.3, 0.4) is 0 Å². The predicted octanol–water partition coefficient (Wildman–Crippen LogP) is 3.57. The first-order chi connectivity index (χ1) is 14.1. The lowest BCUT2D eigenvalue weighted by molar-refractivity contribution is 0.0790. The summed E-state index contributed by atoms with van der Waals surface area (Å²) in [5.41, 5.74) is 2.21. The number of imidazole rings is 1. The first-order valence-corrected chi connectivity index (χ1v) is 10.2. The molecule has 1 N–H and O–H groups in total. The monoisotopic (exact) mass is 392 g/mol. The molecule has 2 amide bonds. The Morgan fingerprint density at radius 3 is 2.59 bits per heavy atom. The van der Waals surface area contributed by atoms with Gasteiger partial charge < -0.3 is 10.2 Å². The van der Waals surface area contributed by atoms with E-state index in [4.69, 9.17) is 0 Å². The number of aryl methyl sites for hydroxylation is 1. The molecule has 0 saturated heterocycles. The topological polar surface area (TPSA) is 66.7 Å². The lowest BCUT2D eigenvalue weighted by atomic mass is 10.1. The lowest BCUT2D eigenvalue weighted by Crippen LogP contribution is -2.29. The van der Waals surface area contributed by atoms with Crippen LogP contribution in [0, 0.1) is 0 Å². The highest BCUT2D eigenvalue weighted by Crippen LogP contribution is 2.15. The molecule has 6 heteroatoms. The number of fused-ring (bicyclic) bond motifs is 1. The molecule has 0 spiro atoms. The standard InChI is InChI=1S/C23H28N4O2/c1-3-4-16-26(2)23(29)20-19-14-8-9-17-27(19)21(25-20)22(28)24-15-10-13-18-11-6-5-7-12-18/h5-9,11-12,14,17H,3-4,10,13,15-16H2,1-2H3,(H,24,28). The molecule has 0 radical (unpaired) electrons. The van der Waals surface area contributed by atoms with Crippen molar-refractivity contribution in [2.24, 2.45) is 0 Å². The first-order valence-electron chi connectivity index (χ1n) is 10.2. The molecule has 29 heavy (non-hydrogen) atoms. The third-order valence-corrected chi connectivity index (χ3v) is 4.92. The van der Waals surface area contributed by atoms with Gasteiger partial charge in [0.05, 0.1) is 5.52 Å². The highest BCUT2D eigenvalue weighted by Gasteiger charge is 2.23. The summed E-state index contributed by atoms with van der Waals surface area (Å²) in [6.07, 6.45) is 5.45.